The third kappa shape index (κ3) is 6.59. The Kier molecular flexibility index (Phi) is 6.42. The summed E-state index contributed by atoms with van der Waals surface area (Å²) in [6, 6.07) is 4.75. The second kappa shape index (κ2) is 7.85. The van der Waals surface area contributed by atoms with E-state index in [-0.39, 0.29) is 24.2 Å². The maximum Gasteiger partial charge on any atom is 0.338 e. The van der Waals surface area contributed by atoms with Gasteiger partial charge in [-0.3, -0.25) is 4.79 Å². The minimum Gasteiger partial charge on any atom is -0.493 e. The van der Waals surface area contributed by atoms with Crippen LogP contribution < -0.4 is 14.8 Å². The number of rotatable bonds is 6. The predicted molar refractivity (Wildman–Crippen MR) is 86.9 cm³/mol. The Balaban J connectivity index is 2.71. The fourth-order valence-electron chi connectivity index (χ4n) is 1.81. The number of carbonyl (C=O) groups is 2. The van der Waals surface area contributed by atoms with E-state index in [1.165, 1.54) is 13.2 Å². The van der Waals surface area contributed by atoms with E-state index in [1.54, 1.807) is 12.1 Å². The van der Waals surface area contributed by atoms with Crippen molar-refractivity contribution in [2.75, 3.05) is 13.7 Å². The first kappa shape index (κ1) is 18.8. The Hall–Kier alpha value is -2.24. The van der Waals surface area contributed by atoms with Crippen LogP contribution in [0.1, 0.15) is 45.0 Å². The molecule has 128 valence electrons. The second-order valence-electron chi connectivity index (χ2n) is 6.41. The molecule has 0 aromatic heterocycles. The minimum atomic E-state index is -0.594. The van der Waals surface area contributed by atoms with Crippen molar-refractivity contribution in [1.29, 1.82) is 0 Å². The fourth-order valence-corrected chi connectivity index (χ4v) is 1.81. The van der Waals surface area contributed by atoms with Crippen molar-refractivity contribution >= 4 is 11.9 Å². The Morgan fingerprint density at radius 3 is 2.35 bits per heavy atom. The van der Waals surface area contributed by atoms with E-state index in [9.17, 15) is 9.59 Å². The zero-order valence-electron chi connectivity index (χ0n) is 14.6. The van der Waals surface area contributed by atoms with Crippen LogP contribution in [0.25, 0.3) is 0 Å². The number of esters is 1. The molecule has 0 atom stereocenters. The summed E-state index contributed by atoms with van der Waals surface area (Å²) < 4.78 is 15.8. The van der Waals surface area contributed by atoms with Gasteiger partial charge < -0.3 is 19.5 Å². The molecule has 1 aromatic rings. The largest absolute Gasteiger partial charge is 0.493 e. The van der Waals surface area contributed by atoms with Gasteiger partial charge in [0.25, 0.3) is 5.91 Å². The molecular formula is C17H25NO5. The molecule has 0 spiro atoms. The summed E-state index contributed by atoms with van der Waals surface area (Å²) in [7, 11) is 1.49. The molecular weight excluding hydrogens is 298 g/mol. The van der Waals surface area contributed by atoms with Crippen LogP contribution in [0.15, 0.2) is 18.2 Å². The number of methoxy groups -OCH3 is 1. The van der Waals surface area contributed by atoms with Gasteiger partial charge in [0, 0.05) is 5.54 Å². The van der Waals surface area contributed by atoms with Crippen molar-refractivity contribution in [3.8, 4) is 11.5 Å². The molecule has 0 saturated carbocycles. The van der Waals surface area contributed by atoms with E-state index in [4.69, 9.17) is 14.2 Å². The Labute approximate surface area is 137 Å². The number of nitrogens with one attached hydrogen (secondary N) is 1. The fraction of sp³-hybridized carbons (Fsp3) is 0.529. The molecule has 1 amide bonds. The standard InChI is InChI=1S/C17H25NO5/c1-11(2)23-13-8-7-12(9-14(13)21-6)16(20)22-10-15(19)18-17(3,4)5/h7-9,11H,10H2,1-6H3,(H,18,19). The molecule has 1 rings (SSSR count). The smallest absolute Gasteiger partial charge is 0.338 e. The van der Waals surface area contributed by atoms with E-state index in [2.05, 4.69) is 5.32 Å². The highest BCUT2D eigenvalue weighted by molar-refractivity contribution is 5.92. The highest BCUT2D eigenvalue weighted by atomic mass is 16.5. The Morgan fingerprint density at radius 1 is 1.17 bits per heavy atom. The quantitative estimate of drug-likeness (QED) is 0.814. The molecule has 0 aliphatic carbocycles. The summed E-state index contributed by atoms with van der Waals surface area (Å²) in [5, 5.41) is 2.72. The zero-order chi connectivity index (χ0) is 17.6. The monoisotopic (exact) mass is 323 g/mol. The predicted octanol–water partition coefficient (Wildman–Crippen LogP) is 2.55. The van der Waals surface area contributed by atoms with Gasteiger partial charge in [0.2, 0.25) is 0 Å². The first-order chi connectivity index (χ1) is 10.6. The molecule has 0 bridgehead atoms. The van der Waals surface area contributed by atoms with Crippen molar-refractivity contribution < 1.29 is 23.8 Å². The van der Waals surface area contributed by atoms with E-state index in [1.807, 2.05) is 34.6 Å². The zero-order valence-corrected chi connectivity index (χ0v) is 14.6. The average Bonchev–Trinajstić information content (AvgIpc) is 2.42. The summed E-state index contributed by atoms with van der Waals surface area (Å²) in [6.07, 6.45) is -0.0113. The molecule has 6 heteroatoms. The molecule has 1 aromatic carbocycles. The van der Waals surface area contributed by atoms with Gasteiger partial charge in [-0.1, -0.05) is 0 Å². The molecule has 0 heterocycles. The summed E-state index contributed by atoms with van der Waals surface area (Å²) in [6.45, 7) is 9.02. The molecule has 0 aliphatic rings. The lowest BCUT2D eigenvalue weighted by atomic mass is 10.1. The minimum absolute atomic E-state index is 0.0113. The van der Waals surface area contributed by atoms with Gasteiger partial charge >= 0.3 is 5.97 Å². The highest BCUT2D eigenvalue weighted by Crippen LogP contribution is 2.29. The SMILES string of the molecule is COc1cc(C(=O)OCC(=O)NC(C)(C)C)ccc1OC(C)C. The summed E-state index contributed by atoms with van der Waals surface area (Å²) in [5.41, 5.74) is -0.0794. The second-order valence-corrected chi connectivity index (χ2v) is 6.41. The normalized spacial score (nSPS) is 11.1. The number of hydrogen-bond donors (Lipinski definition) is 1. The van der Waals surface area contributed by atoms with Crippen LogP contribution in [0, 0.1) is 0 Å². The molecule has 1 N–H and O–H groups in total. The lowest BCUT2D eigenvalue weighted by Crippen LogP contribution is -2.42. The number of carbonyl (C=O) groups excluding carboxylic acids is 2. The van der Waals surface area contributed by atoms with E-state index in [0.29, 0.717) is 17.1 Å². The highest BCUT2D eigenvalue weighted by Gasteiger charge is 2.17. The summed E-state index contributed by atoms with van der Waals surface area (Å²) >= 11 is 0. The van der Waals surface area contributed by atoms with Crippen LogP contribution in [-0.2, 0) is 9.53 Å². The lowest BCUT2D eigenvalue weighted by molar-refractivity contribution is -0.125. The molecule has 23 heavy (non-hydrogen) atoms. The van der Waals surface area contributed by atoms with E-state index in [0.717, 1.165) is 0 Å². The van der Waals surface area contributed by atoms with Crippen LogP contribution in [-0.4, -0.2) is 37.2 Å². The van der Waals surface area contributed by atoms with Gasteiger partial charge in [-0.2, -0.15) is 0 Å². The number of hydrogen-bond acceptors (Lipinski definition) is 5. The average molecular weight is 323 g/mol. The molecule has 6 nitrogen and oxygen atoms in total. The summed E-state index contributed by atoms with van der Waals surface area (Å²) in [5.74, 6) is 0.0397. The number of benzene rings is 1. The van der Waals surface area contributed by atoms with Gasteiger partial charge in [-0.15, -0.1) is 0 Å². The van der Waals surface area contributed by atoms with Crippen LogP contribution >= 0.6 is 0 Å². The van der Waals surface area contributed by atoms with E-state index < -0.39 is 5.97 Å². The Morgan fingerprint density at radius 2 is 1.83 bits per heavy atom. The molecule has 0 saturated heterocycles. The molecule has 0 fully saturated rings. The van der Waals surface area contributed by atoms with Crippen LogP contribution in [0.5, 0.6) is 11.5 Å². The maximum absolute atomic E-state index is 12.0. The molecule has 0 radical (unpaired) electrons. The third-order valence-corrected chi connectivity index (χ3v) is 2.61. The Bertz CT molecular complexity index is 561. The van der Waals surface area contributed by atoms with Crippen molar-refractivity contribution in [3.63, 3.8) is 0 Å². The van der Waals surface area contributed by atoms with Gasteiger partial charge in [-0.05, 0) is 52.8 Å². The summed E-state index contributed by atoms with van der Waals surface area (Å²) in [4.78, 5) is 23.7. The van der Waals surface area contributed by atoms with Gasteiger partial charge in [-0.25, -0.2) is 4.79 Å². The van der Waals surface area contributed by atoms with Gasteiger partial charge in [0.05, 0.1) is 18.8 Å². The van der Waals surface area contributed by atoms with Crippen LogP contribution in [0.2, 0.25) is 0 Å². The third-order valence-electron chi connectivity index (χ3n) is 2.61. The van der Waals surface area contributed by atoms with Crippen molar-refractivity contribution in [2.24, 2.45) is 0 Å². The van der Waals surface area contributed by atoms with Gasteiger partial charge in [0.15, 0.2) is 18.1 Å². The van der Waals surface area contributed by atoms with E-state index >= 15 is 0 Å². The first-order valence-electron chi connectivity index (χ1n) is 7.45. The van der Waals surface area contributed by atoms with Crippen molar-refractivity contribution in [3.05, 3.63) is 23.8 Å². The first-order valence-corrected chi connectivity index (χ1v) is 7.45. The maximum atomic E-state index is 12.0. The van der Waals surface area contributed by atoms with Crippen molar-refractivity contribution in [2.45, 2.75) is 46.3 Å². The van der Waals surface area contributed by atoms with Crippen LogP contribution in [0.3, 0.4) is 0 Å². The molecule has 0 aliphatic heterocycles. The van der Waals surface area contributed by atoms with Crippen molar-refractivity contribution in [1.82, 2.24) is 5.32 Å². The van der Waals surface area contributed by atoms with Gasteiger partial charge in [0.1, 0.15) is 0 Å². The topological polar surface area (TPSA) is 73.9 Å². The number of amides is 1. The lowest BCUT2D eigenvalue weighted by Gasteiger charge is -2.20. The molecule has 0 unspecified atom stereocenters. The number of ether oxygens (including phenoxy) is 3. The van der Waals surface area contributed by atoms with Crippen LogP contribution in [0.4, 0.5) is 0 Å².